The van der Waals surface area contributed by atoms with E-state index in [4.69, 9.17) is 0 Å². The van der Waals surface area contributed by atoms with Crippen molar-refractivity contribution in [2.75, 3.05) is 5.32 Å². The van der Waals surface area contributed by atoms with Gasteiger partial charge in [0.15, 0.2) is 6.29 Å². The van der Waals surface area contributed by atoms with E-state index in [1.165, 1.54) is 22.4 Å². The van der Waals surface area contributed by atoms with Crippen molar-refractivity contribution in [2.24, 2.45) is 5.41 Å². The molecule has 1 aliphatic rings. The summed E-state index contributed by atoms with van der Waals surface area (Å²) in [7, 11) is 0. The number of carbonyl (C=O) groups is 1. The first-order valence-electron chi connectivity index (χ1n) is 9.85. The van der Waals surface area contributed by atoms with E-state index in [2.05, 4.69) is 50.0 Å². The zero-order chi connectivity index (χ0) is 20.1. The van der Waals surface area contributed by atoms with Crippen molar-refractivity contribution in [1.82, 2.24) is 0 Å². The molecule has 0 bridgehead atoms. The number of thiophene rings is 1. The molecule has 0 saturated heterocycles. The number of hydrogen-bond donors (Lipinski definition) is 1. The number of hydrogen-bond acceptors (Lipinski definition) is 3. The fraction of sp³-hybridized carbons (Fsp3) is 0.320. The van der Waals surface area contributed by atoms with Gasteiger partial charge in [-0.1, -0.05) is 62.9 Å². The summed E-state index contributed by atoms with van der Waals surface area (Å²) in [5.74, 6) is 0. The van der Waals surface area contributed by atoms with Crippen LogP contribution in [0.25, 0.3) is 12.2 Å². The molecule has 1 N–H and O–H groups in total. The molecule has 3 heteroatoms. The Labute approximate surface area is 172 Å². The lowest BCUT2D eigenvalue weighted by Gasteiger charge is -2.29. The van der Waals surface area contributed by atoms with Crippen molar-refractivity contribution in [1.29, 1.82) is 0 Å². The first-order valence-corrected chi connectivity index (χ1v) is 10.7. The van der Waals surface area contributed by atoms with Crippen LogP contribution in [0.15, 0.2) is 43.0 Å². The third-order valence-corrected chi connectivity index (χ3v) is 6.62. The van der Waals surface area contributed by atoms with Crippen LogP contribution in [-0.4, -0.2) is 6.29 Å². The zero-order valence-corrected chi connectivity index (χ0v) is 17.9. The maximum Gasteiger partial charge on any atom is 0.153 e. The maximum absolute atomic E-state index is 11.8. The summed E-state index contributed by atoms with van der Waals surface area (Å²) in [5, 5.41) is 4.53. The minimum Gasteiger partial charge on any atom is -0.372 e. The number of allylic oxidation sites excluding steroid dienone is 3. The highest BCUT2D eigenvalue weighted by molar-refractivity contribution is 7.16. The van der Waals surface area contributed by atoms with Crippen molar-refractivity contribution in [2.45, 2.75) is 46.6 Å². The first kappa shape index (κ1) is 20.3. The largest absolute Gasteiger partial charge is 0.372 e. The predicted molar refractivity (Wildman–Crippen MR) is 123 cm³/mol. The Morgan fingerprint density at radius 2 is 2.11 bits per heavy atom. The molecule has 0 fully saturated rings. The van der Waals surface area contributed by atoms with Crippen LogP contribution in [0.3, 0.4) is 0 Å². The number of aryl methyl sites for hydroxylation is 1. The van der Waals surface area contributed by atoms with Gasteiger partial charge in [0.05, 0.1) is 10.6 Å². The van der Waals surface area contributed by atoms with Gasteiger partial charge in [0.1, 0.15) is 0 Å². The molecule has 0 saturated carbocycles. The van der Waals surface area contributed by atoms with Crippen LogP contribution in [-0.2, 0) is 19.4 Å². The lowest BCUT2D eigenvalue weighted by atomic mass is 9.76. The quantitative estimate of drug-likeness (QED) is 0.410. The molecule has 0 atom stereocenters. The molecule has 0 aliphatic heterocycles. The number of rotatable bonds is 7. The van der Waals surface area contributed by atoms with Gasteiger partial charge in [0.25, 0.3) is 0 Å². The number of aldehydes is 1. The molecular formula is C25H29NOS. The van der Waals surface area contributed by atoms with Crippen molar-refractivity contribution in [3.63, 3.8) is 0 Å². The maximum atomic E-state index is 11.8. The number of fused-ring (bicyclic) bond motifs is 1. The fourth-order valence-electron chi connectivity index (χ4n) is 3.72. The predicted octanol–water partition coefficient (Wildman–Crippen LogP) is 6.92. The molecule has 0 amide bonds. The van der Waals surface area contributed by atoms with Crippen LogP contribution >= 0.6 is 11.3 Å². The number of anilines is 1. The van der Waals surface area contributed by atoms with Crippen LogP contribution in [0.1, 0.15) is 64.7 Å². The van der Waals surface area contributed by atoms with E-state index in [1.807, 2.05) is 31.2 Å². The highest BCUT2D eigenvalue weighted by atomic mass is 32.1. The molecule has 3 rings (SSSR count). The van der Waals surface area contributed by atoms with Gasteiger partial charge in [-0.2, -0.15) is 0 Å². The van der Waals surface area contributed by atoms with E-state index in [-0.39, 0.29) is 5.41 Å². The van der Waals surface area contributed by atoms with Crippen molar-refractivity contribution < 1.29 is 4.79 Å². The normalized spacial score (nSPS) is 15.7. The standard InChI is InChI=1S/C25H29NOS/c1-5-7-8-9-18-10-11-20(19(6-2)14-18)16-26-24-22(17-27)21-15-25(3,4)13-12-23(21)28-24/h5-11,14,17,26H,2,12-13,15-16H2,1,3-4H3/b7-5-,9-8-. The monoisotopic (exact) mass is 391 g/mol. The summed E-state index contributed by atoms with van der Waals surface area (Å²) in [4.78, 5) is 13.2. The SMILES string of the molecule is C=Cc1cc(/C=C\C=C/C)ccc1CNc1sc2c(c1C=O)CC(C)(C)CC2. The summed E-state index contributed by atoms with van der Waals surface area (Å²) < 4.78 is 0. The third-order valence-electron chi connectivity index (χ3n) is 5.36. The van der Waals surface area contributed by atoms with Gasteiger partial charge in [-0.3, -0.25) is 4.79 Å². The number of benzene rings is 1. The highest BCUT2D eigenvalue weighted by Gasteiger charge is 2.30. The van der Waals surface area contributed by atoms with Gasteiger partial charge >= 0.3 is 0 Å². The molecule has 0 unspecified atom stereocenters. The minimum absolute atomic E-state index is 0.273. The van der Waals surface area contributed by atoms with Gasteiger partial charge in [-0.05, 0) is 59.9 Å². The van der Waals surface area contributed by atoms with Crippen molar-refractivity contribution >= 4 is 34.8 Å². The van der Waals surface area contributed by atoms with Crippen molar-refractivity contribution in [3.05, 3.63) is 75.7 Å². The molecule has 1 aromatic carbocycles. The van der Waals surface area contributed by atoms with Gasteiger partial charge in [0, 0.05) is 11.4 Å². The summed E-state index contributed by atoms with van der Waals surface area (Å²) >= 11 is 1.75. The number of nitrogens with one attached hydrogen (secondary N) is 1. The number of carbonyl (C=O) groups excluding carboxylic acids is 1. The summed E-state index contributed by atoms with van der Waals surface area (Å²) in [5.41, 5.74) is 5.84. The van der Waals surface area contributed by atoms with E-state index in [9.17, 15) is 4.79 Å². The fourth-order valence-corrected chi connectivity index (χ4v) is 4.90. The van der Waals surface area contributed by atoms with Crippen LogP contribution in [0, 0.1) is 5.41 Å². The van der Waals surface area contributed by atoms with E-state index in [0.717, 1.165) is 40.8 Å². The average Bonchev–Trinajstić information content (AvgIpc) is 3.02. The Bertz CT molecular complexity index is 930. The Morgan fingerprint density at radius 1 is 1.29 bits per heavy atom. The van der Waals surface area contributed by atoms with Gasteiger partial charge in [-0.15, -0.1) is 11.3 Å². The molecular weight excluding hydrogens is 362 g/mol. The Kier molecular flexibility index (Phi) is 6.35. The second-order valence-electron chi connectivity index (χ2n) is 8.11. The molecule has 1 aliphatic carbocycles. The topological polar surface area (TPSA) is 29.1 Å². The highest BCUT2D eigenvalue weighted by Crippen LogP contribution is 2.43. The average molecular weight is 392 g/mol. The van der Waals surface area contributed by atoms with Crippen molar-refractivity contribution in [3.8, 4) is 0 Å². The van der Waals surface area contributed by atoms with Crippen LogP contribution in [0.5, 0.6) is 0 Å². The minimum atomic E-state index is 0.273. The molecule has 2 nitrogen and oxygen atoms in total. The second-order valence-corrected chi connectivity index (χ2v) is 9.21. The Hall–Kier alpha value is -2.39. The van der Waals surface area contributed by atoms with E-state index in [0.29, 0.717) is 6.54 Å². The van der Waals surface area contributed by atoms with Gasteiger partial charge in [-0.25, -0.2) is 0 Å². The molecule has 2 aromatic rings. The summed E-state index contributed by atoms with van der Waals surface area (Å²) in [6, 6.07) is 6.40. The Morgan fingerprint density at radius 3 is 2.82 bits per heavy atom. The zero-order valence-electron chi connectivity index (χ0n) is 17.0. The van der Waals surface area contributed by atoms with Crippen LogP contribution in [0.4, 0.5) is 5.00 Å². The molecule has 1 aromatic heterocycles. The van der Waals surface area contributed by atoms with Crippen LogP contribution < -0.4 is 5.32 Å². The smallest absolute Gasteiger partial charge is 0.153 e. The summed E-state index contributed by atoms with van der Waals surface area (Å²) in [6.07, 6.45) is 14.3. The van der Waals surface area contributed by atoms with Crippen LogP contribution in [0.2, 0.25) is 0 Å². The second kappa shape index (κ2) is 8.74. The molecule has 0 spiro atoms. The lowest BCUT2D eigenvalue weighted by molar-refractivity contribution is 0.112. The summed E-state index contributed by atoms with van der Waals surface area (Å²) in [6.45, 7) is 11.2. The molecule has 28 heavy (non-hydrogen) atoms. The first-order chi connectivity index (χ1) is 13.5. The van der Waals surface area contributed by atoms with E-state index < -0.39 is 0 Å². The van der Waals surface area contributed by atoms with E-state index >= 15 is 0 Å². The third kappa shape index (κ3) is 4.53. The van der Waals surface area contributed by atoms with Gasteiger partial charge in [0.2, 0.25) is 0 Å². The van der Waals surface area contributed by atoms with E-state index in [1.54, 1.807) is 11.3 Å². The molecule has 1 heterocycles. The Balaban J connectivity index is 1.80. The molecule has 0 radical (unpaired) electrons. The van der Waals surface area contributed by atoms with Gasteiger partial charge < -0.3 is 5.32 Å². The lowest BCUT2D eigenvalue weighted by Crippen LogP contribution is -2.21. The molecule has 146 valence electrons.